The highest BCUT2D eigenvalue weighted by atomic mass is 32.2. The Bertz CT molecular complexity index is 961. The minimum atomic E-state index is -4.05. The van der Waals surface area contributed by atoms with E-state index in [0.29, 0.717) is 35.1 Å². The molecule has 2 rings (SSSR count). The number of rotatable bonds is 8. The van der Waals surface area contributed by atoms with Crippen molar-refractivity contribution in [3.05, 3.63) is 52.9 Å². The second-order valence-corrected chi connectivity index (χ2v) is 6.95. The second kappa shape index (κ2) is 8.96. The van der Waals surface area contributed by atoms with Gasteiger partial charge in [0.2, 0.25) is 0 Å². The lowest BCUT2D eigenvalue weighted by Crippen LogP contribution is -2.14. The van der Waals surface area contributed by atoms with E-state index in [2.05, 4.69) is 4.72 Å². The molecule has 0 bridgehead atoms. The molecule has 0 aliphatic heterocycles. The Morgan fingerprint density at radius 1 is 1.11 bits per heavy atom. The second-order valence-electron chi connectivity index (χ2n) is 5.30. The summed E-state index contributed by atoms with van der Waals surface area (Å²) in [6.07, 6.45) is 1.27. The Balaban J connectivity index is 2.32. The summed E-state index contributed by atoms with van der Waals surface area (Å²) >= 11 is 0. The maximum atomic E-state index is 12.5. The van der Waals surface area contributed by atoms with Crippen LogP contribution in [0.3, 0.4) is 0 Å². The van der Waals surface area contributed by atoms with Gasteiger partial charge >= 0.3 is 0 Å². The molecule has 0 atom stereocenters. The molecule has 7 nitrogen and oxygen atoms in total. The number of methoxy groups -OCH3 is 2. The van der Waals surface area contributed by atoms with Crippen molar-refractivity contribution in [1.29, 1.82) is 5.26 Å². The van der Waals surface area contributed by atoms with E-state index in [1.807, 2.05) is 6.92 Å². The SMILES string of the molecule is CCOc1ccc(/C=C(\C#N)S(=O)(=O)Nc2ccc(OC)cc2)cc1OC. The number of nitrogens with zero attached hydrogens (tertiary/aromatic N) is 1. The molecule has 0 spiro atoms. The van der Waals surface area contributed by atoms with Crippen LogP contribution in [0.2, 0.25) is 0 Å². The summed E-state index contributed by atoms with van der Waals surface area (Å²) in [5.41, 5.74) is 0.813. The van der Waals surface area contributed by atoms with Gasteiger partial charge in [-0.05, 0) is 55.0 Å². The molecule has 0 fully saturated rings. The first kappa shape index (κ1) is 20.1. The van der Waals surface area contributed by atoms with E-state index in [9.17, 15) is 13.7 Å². The van der Waals surface area contributed by atoms with Crippen LogP contribution in [0.15, 0.2) is 47.4 Å². The monoisotopic (exact) mass is 388 g/mol. The zero-order valence-electron chi connectivity index (χ0n) is 15.2. The molecule has 0 aromatic heterocycles. The molecule has 0 radical (unpaired) electrons. The molecule has 0 saturated carbocycles. The lowest BCUT2D eigenvalue weighted by molar-refractivity contribution is 0.311. The Kier molecular flexibility index (Phi) is 6.68. The van der Waals surface area contributed by atoms with E-state index in [0.717, 1.165) is 0 Å². The van der Waals surface area contributed by atoms with Gasteiger partial charge in [-0.15, -0.1) is 0 Å². The van der Waals surface area contributed by atoms with Crippen LogP contribution in [-0.4, -0.2) is 29.2 Å². The predicted molar refractivity (Wildman–Crippen MR) is 103 cm³/mol. The van der Waals surface area contributed by atoms with E-state index in [-0.39, 0.29) is 0 Å². The third-order valence-corrected chi connectivity index (χ3v) is 4.82. The number of nitrogens with one attached hydrogen (secondary N) is 1. The standard InChI is InChI=1S/C19H20N2O5S/c1-4-26-18-10-5-14(12-19(18)25-3)11-17(13-20)27(22,23)21-15-6-8-16(24-2)9-7-15/h5-12,21H,4H2,1-3H3/b17-11+. The first-order chi connectivity index (χ1) is 12.9. The summed E-state index contributed by atoms with van der Waals surface area (Å²) in [5, 5.41) is 9.34. The topological polar surface area (TPSA) is 97.7 Å². The van der Waals surface area contributed by atoms with Crippen LogP contribution in [0, 0.1) is 11.3 Å². The largest absolute Gasteiger partial charge is 0.497 e. The van der Waals surface area contributed by atoms with E-state index < -0.39 is 14.9 Å². The highest BCUT2D eigenvalue weighted by Gasteiger charge is 2.18. The average molecular weight is 388 g/mol. The Morgan fingerprint density at radius 2 is 1.81 bits per heavy atom. The van der Waals surface area contributed by atoms with E-state index in [1.165, 1.54) is 20.3 Å². The lowest BCUT2D eigenvalue weighted by Gasteiger charge is -2.10. The van der Waals surface area contributed by atoms with Crippen molar-refractivity contribution in [1.82, 2.24) is 0 Å². The maximum absolute atomic E-state index is 12.5. The molecule has 0 aliphatic carbocycles. The summed E-state index contributed by atoms with van der Waals surface area (Å²) in [6, 6.07) is 13.0. The van der Waals surface area contributed by atoms with Gasteiger partial charge in [0.15, 0.2) is 16.4 Å². The number of allylic oxidation sites excluding steroid dienone is 1. The number of benzene rings is 2. The molecule has 0 saturated heterocycles. The minimum absolute atomic E-state index is 0.321. The molecule has 2 aromatic rings. The molecule has 1 N–H and O–H groups in total. The van der Waals surface area contributed by atoms with Crippen LogP contribution in [0.25, 0.3) is 6.08 Å². The van der Waals surface area contributed by atoms with Crippen molar-refractivity contribution >= 4 is 21.8 Å². The summed E-state index contributed by atoms with van der Waals surface area (Å²) in [5.74, 6) is 1.58. The minimum Gasteiger partial charge on any atom is -0.497 e. The Morgan fingerprint density at radius 3 is 2.37 bits per heavy atom. The number of nitriles is 1. The number of anilines is 1. The molecule has 27 heavy (non-hydrogen) atoms. The molecule has 0 amide bonds. The van der Waals surface area contributed by atoms with E-state index in [4.69, 9.17) is 14.2 Å². The fourth-order valence-electron chi connectivity index (χ4n) is 2.24. The zero-order valence-corrected chi connectivity index (χ0v) is 16.0. The van der Waals surface area contributed by atoms with Crippen LogP contribution in [0.4, 0.5) is 5.69 Å². The van der Waals surface area contributed by atoms with Crippen LogP contribution >= 0.6 is 0 Å². The highest BCUT2D eigenvalue weighted by Crippen LogP contribution is 2.29. The van der Waals surface area contributed by atoms with Gasteiger partial charge in [-0.2, -0.15) is 5.26 Å². The first-order valence-electron chi connectivity index (χ1n) is 8.03. The van der Waals surface area contributed by atoms with Gasteiger partial charge in [0.25, 0.3) is 10.0 Å². The maximum Gasteiger partial charge on any atom is 0.272 e. The van der Waals surface area contributed by atoms with E-state index in [1.54, 1.807) is 48.5 Å². The first-order valence-corrected chi connectivity index (χ1v) is 9.51. The van der Waals surface area contributed by atoms with Gasteiger partial charge in [-0.1, -0.05) is 6.07 Å². The van der Waals surface area contributed by atoms with Crippen LogP contribution < -0.4 is 18.9 Å². The number of sulfonamides is 1. The molecule has 0 heterocycles. The third kappa shape index (κ3) is 5.15. The van der Waals surface area contributed by atoms with Crippen molar-refractivity contribution in [2.24, 2.45) is 0 Å². The number of hydrogen-bond donors (Lipinski definition) is 1. The molecule has 8 heteroatoms. The van der Waals surface area contributed by atoms with Crippen molar-refractivity contribution in [3.63, 3.8) is 0 Å². The zero-order chi connectivity index (χ0) is 19.9. The van der Waals surface area contributed by atoms with Crippen molar-refractivity contribution < 1.29 is 22.6 Å². The molecule has 2 aromatic carbocycles. The van der Waals surface area contributed by atoms with Crippen molar-refractivity contribution in [2.75, 3.05) is 25.5 Å². The van der Waals surface area contributed by atoms with E-state index >= 15 is 0 Å². The quantitative estimate of drug-likeness (QED) is 0.696. The van der Waals surface area contributed by atoms with Gasteiger partial charge in [-0.3, -0.25) is 4.72 Å². The van der Waals surface area contributed by atoms with Crippen LogP contribution in [-0.2, 0) is 10.0 Å². The smallest absolute Gasteiger partial charge is 0.272 e. The van der Waals surface area contributed by atoms with Crippen LogP contribution in [0.5, 0.6) is 17.2 Å². The average Bonchev–Trinajstić information content (AvgIpc) is 2.67. The van der Waals surface area contributed by atoms with Gasteiger partial charge < -0.3 is 14.2 Å². The third-order valence-electron chi connectivity index (χ3n) is 3.53. The van der Waals surface area contributed by atoms with Crippen molar-refractivity contribution in [3.8, 4) is 23.3 Å². The summed E-state index contributed by atoms with van der Waals surface area (Å²) in [4.78, 5) is -0.426. The van der Waals surface area contributed by atoms with Gasteiger partial charge in [0.05, 0.1) is 20.8 Å². The fourth-order valence-corrected chi connectivity index (χ4v) is 3.21. The van der Waals surface area contributed by atoms with Gasteiger partial charge in [0, 0.05) is 5.69 Å². The molecular formula is C19H20N2O5S. The van der Waals surface area contributed by atoms with Gasteiger partial charge in [-0.25, -0.2) is 8.42 Å². The Labute approximate surface area is 158 Å². The molecule has 0 unspecified atom stereocenters. The highest BCUT2D eigenvalue weighted by molar-refractivity contribution is 7.96. The fraction of sp³-hybridized carbons (Fsp3) is 0.211. The predicted octanol–water partition coefficient (Wildman–Crippen LogP) is 3.41. The Hall–Kier alpha value is -3.18. The van der Waals surface area contributed by atoms with Crippen molar-refractivity contribution in [2.45, 2.75) is 6.92 Å². The lowest BCUT2D eigenvalue weighted by atomic mass is 10.2. The number of ether oxygens (including phenoxy) is 3. The van der Waals surface area contributed by atoms with Crippen LogP contribution in [0.1, 0.15) is 12.5 Å². The molecule has 0 aliphatic rings. The molecular weight excluding hydrogens is 368 g/mol. The number of hydrogen-bond acceptors (Lipinski definition) is 6. The summed E-state index contributed by atoms with van der Waals surface area (Å²) in [6.45, 7) is 2.31. The normalized spacial score (nSPS) is 11.4. The van der Waals surface area contributed by atoms with Gasteiger partial charge in [0.1, 0.15) is 11.8 Å². The summed E-state index contributed by atoms with van der Waals surface area (Å²) < 4.78 is 43.1. The molecule has 142 valence electrons. The summed E-state index contributed by atoms with van der Waals surface area (Å²) in [7, 11) is -1.05.